The van der Waals surface area contributed by atoms with E-state index in [4.69, 9.17) is 0 Å². The zero-order valence-electron chi connectivity index (χ0n) is 18.0. The number of piperidine rings is 1. The van der Waals surface area contributed by atoms with Gasteiger partial charge >= 0.3 is 0 Å². The predicted molar refractivity (Wildman–Crippen MR) is 127 cm³/mol. The summed E-state index contributed by atoms with van der Waals surface area (Å²) in [6.07, 6.45) is 2.32. The maximum atomic E-state index is 12.8. The number of likely N-dealkylation sites (tertiary alicyclic amines) is 1. The molecule has 162 valence electrons. The molecular formula is C25H26N6O. The van der Waals surface area contributed by atoms with E-state index in [1.165, 1.54) is 5.56 Å². The quantitative estimate of drug-likeness (QED) is 0.428. The van der Waals surface area contributed by atoms with Gasteiger partial charge in [-0.1, -0.05) is 30.3 Å². The number of aromatic amines is 1. The van der Waals surface area contributed by atoms with Crippen molar-refractivity contribution in [1.82, 2.24) is 20.1 Å². The number of fused-ring (bicyclic) bond motifs is 1. The molecule has 4 aromatic rings. The molecule has 2 aromatic carbocycles. The molecule has 7 nitrogen and oxygen atoms in total. The summed E-state index contributed by atoms with van der Waals surface area (Å²) in [5, 5.41) is 14.1. The van der Waals surface area contributed by atoms with Gasteiger partial charge in [-0.2, -0.15) is 5.10 Å². The second kappa shape index (κ2) is 8.80. The second-order valence-electron chi connectivity index (χ2n) is 8.31. The SMILES string of the molecule is CN1CCC(c2ccc(C(=O)Nc3n[nH]c4nc(Nc5ccccc5)ccc34)cc2)CC1. The fourth-order valence-corrected chi connectivity index (χ4v) is 4.17. The number of carbonyl (C=O) groups excluding carboxylic acids is 1. The number of carbonyl (C=O) groups is 1. The van der Waals surface area contributed by atoms with Gasteiger partial charge in [0.15, 0.2) is 11.5 Å². The van der Waals surface area contributed by atoms with E-state index in [2.05, 4.69) is 49.9 Å². The van der Waals surface area contributed by atoms with Crippen LogP contribution in [0.2, 0.25) is 0 Å². The molecule has 3 heterocycles. The van der Waals surface area contributed by atoms with E-state index in [9.17, 15) is 4.79 Å². The fourth-order valence-electron chi connectivity index (χ4n) is 4.17. The summed E-state index contributed by atoms with van der Waals surface area (Å²) in [6, 6.07) is 21.6. The fraction of sp³-hybridized carbons (Fsp3) is 0.240. The maximum Gasteiger partial charge on any atom is 0.256 e. The molecule has 0 spiro atoms. The van der Waals surface area contributed by atoms with Crippen LogP contribution in [0.4, 0.5) is 17.3 Å². The molecule has 5 rings (SSSR count). The lowest BCUT2D eigenvalue weighted by molar-refractivity contribution is 0.102. The Morgan fingerprint density at radius 2 is 1.75 bits per heavy atom. The summed E-state index contributed by atoms with van der Waals surface area (Å²) >= 11 is 0. The van der Waals surface area contributed by atoms with Crippen molar-refractivity contribution < 1.29 is 4.79 Å². The largest absolute Gasteiger partial charge is 0.340 e. The van der Waals surface area contributed by atoms with E-state index < -0.39 is 0 Å². The molecule has 0 aliphatic carbocycles. The van der Waals surface area contributed by atoms with Gasteiger partial charge < -0.3 is 15.5 Å². The number of amides is 1. The molecule has 3 N–H and O–H groups in total. The summed E-state index contributed by atoms with van der Waals surface area (Å²) in [7, 11) is 2.17. The van der Waals surface area contributed by atoms with Crippen molar-refractivity contribution >= 4 is 34.3 Å². The van der Waals surface area contributed by atoms with Gasteiger partial charge in [-0.05, 0) is 80.9 Å². The van der Waals surface area contributed by atoms with E-state index in [0.717, 1.165) is 37.0 Å². The Bertz CT molecular complexity index is 1210. The Hall–Kier alpha value is -3.71. The molecule has 0 bridgehead atoms. The average Bonchev–Trinajstić information content (AvgIpc) is 3.22. The molecule has 2 aromatic heterocycles. The molecule has 32 heavy (non-hydrogen) atoms. The highest BCUT2D eigenvalue weighted by molar-refractivity contribution is 6.07. The third-order valence-corrected chi connectivity index (χ3v) is 6.06. The Labute approximate surface area is 186 Å². The number of hydrogen-bond donors (Lipinski definition) is 3. The summed E-state index contributed by atoms with van der Waals surface area (Å²) in [4.78, 5) is 19.7. The highest BCUT2D eigenvalue weighted by Crippen LogP contribution is 2.28. The van der Waals surface area contributed by atoms with Crippen LogP contribution in [0.5, 0.6) is 0 Å². The monoisotopic (exact) mass is 426 g/mol. The van der Waals surface area contributed by atoms with Crippen LogP contribution in [0.15, 0.2) is 66.7 Å². The molecule has 0 saturated carbocycles. The van der Waals surface area contributed by atoms with Crippen LogP contribution in [-0.4, -0.2) is 46.1 Å². The smallest absolute Gasteiger partial charge is 0.256 e. The highest BCUT2D eigenvalue weighted by Gasteiger charge is 2.19. The molecule has 1 amide bonds. The minimum atomic E-state index is -0.181. The normalized spacial score (nSPS) is 15.0. The number of nitrogens with one attached hydrogen (secondary N) is 3. The van der Waals surface area contributed by atoms with E-state index in [1.807, 2.05) is 54.6 Å². The van der Waals surface area contributed by atoms with Gasteiger partial charge in [0.05, 0.1) is 5.39 Å². The standard InChI is InChI=1S/C25H26N6O/c1-31-15-13-18(14-16-31)17-7-9-19(10-8-17)25(32)28-24-21-11-12-22(27-23(21)29-30-24)26-20-5-3-2-4-6-20/h2-12,18H,13-16H2,1H3,(H3,26,27,28,29,30,32). The molecular weight excluding hydrogens is 400 g/mol. The van der Waals surface area contributed by atoms with Crippen LogP contribution >= 0.6 is 0 Å². The van der Waals surface area contributed by atoms with E-state index in [0.29, 0.717) is 28.8 Å². The highest BCUT2D eigenvalue weighted by atomic mass is 16.1. The van der Waals surface area contributed by atoms with Crippen molar-refractivity contribution in [3.8, 4) is 0 Å². The van der Waals surface area contributed by atoms with Gasteiger partial charge in [0.25, 0.3) is 5.91 Å². The van der Waals surface area contributed by atoms with Gasteiger partial charge in [-0.15, -0.1) is 0 Å². The zero-order chi connectivity index (χ0) is 21.9. The topological polar surface area (TPSA) is 85.9 Å². The average molecular weight is 427 g/mol. The van der Waals surface area contributed by atoms with E-state index in [-0.39, 0.29) is 5.91 Å². The third-order valence-electron chi connectivity index (χ3n) is 6.06. The number of H-pyrrole nitrogens is 1. The van der Waals surface area contributed by atoms with Crippen molar-refractivity contribution in [1.29, 1.82) is 0 Å². The van der Waals surface area contributed by atoms with Gasteiger partial charge in [0.2, 0.25) is 0 Å². The Balaban J connectivity index is 1.27. The van der Waals surface area contributed by atoms with Gasteiger partial charge in [-0.25, -0.2) is 4.98 Å². The number of pyridine rings is 1. The van der Waals surface area contributed by atoms with E-state index >= 15 is 0 Å². The first-order valence-electron chi connectivity index (χ1n) is 10.9. The molecule has 1 fully saturated rings. The lowest BCUT2D eigenvalue weighted by Crippen LogP contribution is -2.29. The van der Waals surface area contributed by atoms with Crippen LogP contribution in [0, 0.1) is 0 Å². The first kappa shape index (κ1) is 20.2. The van der Waals surface area contributed by atoms with Crippen LogP contribution in [0.1, 0.15) is 34.7 Å². The molecule has 7 heteroatoms. The Kier molecular flexibility index (Phi) is 5.56. The molecule has 1 saturated heterocycles. The van der Waals surface area contributed by atoms with Crippen molar-refractivity contribution in [2.24, 2.45) is 0 Å². The lowest BCUT2D eigenvalue weighted by Gasteiger charge is -2.29. The molecule has 0 atom stereocenters. The van der Waals surface area contributed by atoms with Crippen molar-refractivity contribution in [3.63, 3.8) is 0 Å². The number of hydrogen-bond acceptors (Lipinski definition) is 5. The molecule has 0 unspecified atom stereocenters. The third kappa shape index (κ3) is 4.33. The van der Waals surface area contributed by atoms with Gasteiger partial charge in [0, 0.05) is 11.3 Å². The number of rotatable bonds is 5. The first-order chi connectivity index (χ1) is 15.7. The predicted octanol–water partition coefficient (Wildman–Crippen LogP) is 4.76. The Morgan fingerprint density at radius 1 is 1.00 bits per heavy atom. The van der Waals surface area contributed by atoms with Crippen LogP contribution in [0.25, 0.3) is 11.0 Å². The number of aromatic nitrogens is 3. The Morgan fingerprint density at radius 3 is 2.50 bits per heavy atom. The number of benzene rings is 2. The number of anilines is 3. The molecule has 1 aliphatic heterocycles. The lowest BCUT2D eigenvalue weighted by atomic mass is 9.89. The van der Waals surface area contributed by atoms with Crippen LogP contribution < -0.4 is 10.6 Å². The maximum absolute atomic E-state index is 12.8. The molecule has 1 aliphatic rings. The second-order valence-corrected chi connectivity index (χ2v) is 8.31. The zero-order valence-corrected chi connectivity index (χ0v) is 18.0. The van der Waals surface area contributed by atoms with Crippen LogP contribution in [0.3, 0.4) is 0 Å². The summed E-state index contributed by atoms with van der Waals surface area (Å²) in [5.41, 5.74) is 3.49. The number of nitrogens with zero attached hydrogens (tertiary/aromatic N) is 3. The minimum absolute atomic E-state index is 0.181. The van der Waals surface area contributed by atoms with Crippen LogP contribution in [-0.2, 0) is 0 Å². The van der Waals surface area contributed by atoms with Crippen molar-refractivity contribution in [2.75, 3.05) is 30.8 Å². The summed E-state index contributed by atoms with van der Waals surface area (Å²) < 4.78 is 0. The van der Waals surface area contributed by atoms with Crippen molar-refractivity contribution in [3.05, 3.63) is 77.9 Å². The number of para-hydroxylation sites is 1. The van der Waals surface area contributed by atoms with Gasteiger partial charge in [0.1, 0.15) is 5.82 Å². The van der Waals surface area contributed by atoms with Gasteiger partial charge in [-0.3, -0.25) is 9.89 Å². The summed E-state index contributed by atoms with van der Waals surface area (Å²) in [6.45, 7) is 2.24. The van der Waals surface area contributed by atoms with Crippen molar-refractivity contribution in [2.45, 2.75) is 18.8 Å². The summed E-state index contributed by atoms with van der Waals surface area (Å²) in [5.74, 6) is 1.57. The minimum Gasteiger partial charge on any atom is -0.340 e. The van der Waals surface area contributed by atoms with E-state index in [1.54, 1.807) is 0 Å². The molecule has 0 radical (unpaired) electrons. The first-order valence-corrected chi connectivity index (χ1v) is 10.9.